The van der Waals surface area contributed by atoms with Crippen molar-refractivity contribution in [2.24, 2.45) is 5.84 Å². The predicted molar refractivity (Wildman–Crippen MR) is 74.6 cm³/mol. The number of nitrogens with two attached hydrogens (primary N) is 1. The average molecular weight is 263 g/mol. The summed E-state index contributed by atoms with van der Waals surface area (Å²) in [4.78, 5) is 18.3. The number of amides is 1. The highest BCUT2D eigenvalue weighted by molar-refractivity contribution is 5.94. The molecule has 4 N–H and O–H groups in total. The van der Waals surface area contributed by atoms with Gasteiger partial charge in [0.2, 0.25) is 0 Å². The maximum atomic E-state index is 11.9. The zero-order valence-corrected chi connectivity index (χ0v) is 11.2. The minimum atomic E-state index is -0.0919. The van der Waals surface area contributed by atoms with Gasteiger partial charge in [-0.3, -0.25) is 9.69 Å². The third-order valence-corrected chi connectivity index (χ3v) is 3.32. The lowest BCUT2D eigenvalue weighted by atomic mass is 10.2. The summed E-state index contributed by atoms with van der Waals surface area (Å²) in [6, 6.07) is 4.04. The van der Waals surface area contributed by atoms with Crippen molar-refractivity contribution in [2.75, 3.05) is 25.1 Å². The second-order valence-corrected chi connectivity index (χ2v) is 4.69. The number of aromatic nitrogens is 1. The third kappa shape index (κ3) is 3.90. The van der Waals surface area contributed by atoms with Crippen molar-refractivity contribution in [3.63, 3.8) is 0 Å². The molecule has 0 spiro atoms. The average Bonchev–Trinajstić information content (AvgIpc) is 3.28. The molecule has 1 aromatic rings. The van der Waals surface area contributed by atoms with E-state index in [9.17, 15) is 4.79 Å². The van der Waals surface area contributed by atoms with Crippen molar-refractivity contribution in [2.45, 2.75) is 25.8 Å². The van der Waals surface area contributed by atoms with E-state index in [0.29, 0.717) is 17.9 Å². The molecule has 1 aliphatic rings. The van der Waals surface area contributed by atoms with Gasteiger partial charge >= 0.3 is 0 Å². The number of carbonyl (C=O) groups excluding carboxylic acids is 1. The van der Waals surface area contributed by atoms with Gasteiger partial charge in [0.25, 0.3) is 5.91 Å². The molecule has 0 unspecified atom stereocenters. The Morgan fingerprint density at radius 3 is 3.00 bits per heavy atom. The quantitative estimate of drug-likeness (QED) is 0.495. The second kappa shape index (κ2) is 6.49. The number of likely N-dealkylation sites (N-methyl/N-ethyl adjacent to an activating group) is 1. The Labute approximate surface area is 113 Å². The van der Waals surface area contributed by atoms with Crippen LogP contribution in [0.1, 0.15) is 30.1 Å². The van der Waals surface area contributed by atoms with E-state index in [-0.39, 0.29) is 5.91 Å². The molecule has 2 rings (SSSR count). The SMILES string of the molecule is CCN(CCNC(=O)c1ccnc(NN)c1)C1CC1. The Morgan fingerprint density at radius 1 is 1.58 bits per heavy atom. The van der Waals surface area contributed by atoms with E-state index < -0.39 is 0 Å². The molecule has 0 aliphatic heterocycles. The van der Waals surface area contributed by atoms with Crippen LogP contribution in [0.5, 0.6) is 0 Å². The molecule has 6 nitrogen and oxygen atoms in total. The number of hydrogen-bond donors (Lipinski definition) is 3. The van der Waals surface area contributed by atoms with Gasteiger partial charge in [-0.15, -0.1) is 0 Å². The molecule has 104 valence electrons. The van der Waals surface area contributed by atoms with Gasteiger partial charge < -0.3 is 10.7 Å². The topological polar surface area (TPSA) is 83.3 Å². The van der Waals surface area contributed by atoms with Gasteiger partial charge in [0.05, 0.1) is 0 Å². The number of rotatable bonds is 7. The van der Waals surface area contributed by atoms with Crippen LogP contribution in [-0.4, -0.2) is 41.5 Å². The van der Waals surface area contributed by atoms with Crippen LogP contribution in [0.15, 0.2) is 18.3 Å². The maximum Gasteiger partial charge on any atom is 0.251 e. The third-order valence-electron chi connectivity index (χ3n) is 3.32. The van der Waals surface area contributed by atoms with E-state index in [4.69, 9.17) is 5.84 Å². The van der Waals surface area contributed by atoms with Gasteiger partial charge in [0, 0.05) is 30.9 Å². The molecule has 0 atom stereocenters. The fraction of sp³-hybridized carbons (Fsp3) is 0.538. The zero-order valence-electron chi connectivity index (χ0n) is 11.2. The van der Waals surface area contributed by atoms with E-state index in [2.05, 4.69) is 27.6 Å². The summed E-state index contributed by atoms with van der Waals surface area (Å²) in [5, 5.41) is 2.92. The van der Waals surface area contributed by atoms with E-state index >= 15 is 0 Å². The summed E-state index contributed by atoms with van der Waals surface area (Å²) in [6.07, 6.45) is 4.14. The fourth-order valence-corrected chi connectivity index (χ4v) is 2.10. The molecule has 1 aromatic heterocycles. The molecule has 1 saturated carbocycles. The maximum absolute atomic E-state index is 11.9. The summed E-state index contributed by atoms with van der Waals surface area (Å²) in [7, 11) is 0. The normalized spacial score (nSPS) is 14.5. The van der Waals surface area contributed by atoms with Gasteiger partial charge in [0.15, 0.2) is 0 Å². The molecule has 1 amide bonds. The molecule has 0 radical (unpaired) electrons. The largest absolute Gasteiger partial charge is 0.351 e. The lowest BCUT2D eigenvalue weighted by molar-refractivity contribution is 0.0948. The first-order chi connectivity index (χ1) is 9.24. The number of anilines is 1. The summed E-state index contributed by atoms with van der Waals surface area (Å²) < 4.78 is 0. The molecule has 0 aromatic carbocycles. The highest BCUT2D eigenvalue weighted by Crippen LogP contribution is 2.25. The summed E-state index contributed by atoms with van der Waals surface area (Å²) >= 11 is 0. The van der Waals surface area contributed by atoms with Crippen molar-refractivity contribution >= 4 is 11.7 Å². The minimum Gasteiger partial charge on any atom is -0.351 e. The molecule has 0 bridgehead atoms. The van der Waals surface area contributed by atoms with Crippen molar-refractivity contribution < 1.29 is 4.79 Å². The Bertz CT molecular complexity index is 433. The monoisotopic (exact) mass is 263 g/mol. The predicted octanol–water partition coefficient (Wildman–Crippen LogP) is 0.581. The van der Waals surface area contributed by atoms with E-state index in [1.807, 2.05) is 0 Å². The van der Waals surface area contributed by atoms with Crippen LogP contribution in [0.25, 0.3) is 0 Å². The van der Waals surface area contributed by atoms with Crippen molar-refractivity contribution in [3.8, 4) is 0 Å². The van der Waals surface area contributed by atoms with Gasteiger partial charge in [0.1, 0.15) is 5.82 Å². The molecule has 1 heterocycles. The summed E-state index contributed by atoms with van der Waals surface area (Å²) in [5.41, 5.74) is 3.00. The number of nitrogens with one attached hydrogen (secondary N) is 2. The molecule has 1 aliphatic carbocycles. The van der Waals surface area contributed by atoms with Gasteiger partial charge in [-0.25, -0.2) is 10.8 Å². The van der Waals surface area contributed by atoms with Crippen molar-refractivity contribution in [1.29, 1.82) is 0 Å². The Balaban J connectivity index is 1.79. The molecule has 6 heteroatoms. The van der Waals surface area contributed by atoms with Crippen LogP contribution < -0.4 is 16.6 Å². The van der Waals surface area contributed by atoms with Crippen LogP contribution in [0.4, 0.5) is 5.82 Å². The van der Waals surface area contributed by atoms with Gasteiger partial charge in [-0.1, -0.05) is 6.92 Å². The first-order valence-electron chi connectivity index (χ1n) is 6.69. The Hall–Kier alpha value is -1.66. The van der Waals surface area contributed by atoms with Gasteiger partial charge in [-0.2, -0.15) is 0 Å². The summed E-state index contributed by atoms with van der Waals surface area (Å²) in [5.74, 6) is 5.66. The van der Waals surface area contributed by atoms with E-state index in [1.165, 1.54) is 12.8 Å². The molecular formula is C13H21N5O. The van der Waals surface area contributed by atoms with Crippen LogP contribution in [0, 0.1) is 0 Å². The molecular weight excluding hydrogens is 242 g/mol. The lowest BCUT2D eigenvalue weighted by Crippen LogP contribution is -2.36. The second-order valence-electron chi connectivity index (χ2n) is 4.69. The highest BCUT2D eigenvalue weighted by atomic mass is 16.1. The zero-order chi connectivity index (χ0) is 13.7. The van der Waals surface area contributed by atoms with Crippen LogP contribution in [0.2, 0.25) is 0 Å². The minimum absolute atomic E-state index is 0.0919. The summed E-state index contributed by atoms with van der Waals surface area (Å²) in [6.45, 7) is 4.76. The first kappa shape index (κ1) is 13.8. The standard InChI is InChI=1S/C13H21N5O/c1-2-18(11-3-4-11)8-7-16-13(19)10-5-6-15-12(9-10)17-14/h5-6,9,11H,2-4,7-8,14H2,1H3,(H,15,17)(H,16,19). The molecule has 19 heavy (non-hydrogen) atoms. The van der Waals surface area contributed by atoms with E-state index in [1.54, 1.807) is 18.3 Å². The van der Waals surface area contributed by atoms with Crippen molar-refractivity contribution in [1.82, 2.24) is 15.2 Å². The van der Waals surface area contributed by atoms with Crippen LogP contribution in [-0.2, 0) is 0 Å². The van der Waals surface area contributed by atoms with Gasteiger partial charge in [-0.05, 0) is 31.5 Å². The number of nitrogen functional groups attached to an aromatic ring is 1. The molecule has 0 saturated heterocycles. The van der Waals surface area contributed by atoms with Crippen molar-refractivity contribution in [3.05, 3.63) is 23.9 Å². The highest BCUT2D eigenvalue weighted by Gasteiger charge is 2.27. The van der Waals surface area contributed by atoms with Crippen LogP contribution in [0.3, 0.4) is 0 Å². The number of nitrogens with zero attached hydrogens (tertiary/aromatic N) is 2. The Morgan fingerprint density at radius 2 is 2.37 bits per heavy atom. The number of pyridine rings is 1. The number of hydrogen-bond acceptors (Lipinski definition) is 5. The number of carbonyl (C=O) groups is 1. The Kier molecular flexibility index (Phi) is 4.70. The van der Waals surface area contributed by atoms with E-state index in [0.717, 1.165) is 19.1 Å². The first-order valence-corrected chi connectivity index (χ1v) is 6.69. The molecule has 1 fully saturated rings. The fourth-order valence-electron chi connectivity index (χ4n) is 2.10. The lowest BCUT2D eigenvalue weighted by Gasteiger charge is -2.19. The van der Waals surface area contributed by atoms with Crippen LogP contribution >= 0.6 is 0 Å². The smallest absolute Gasteiger partial charge is 0.251 e. The number of hydrazine groups is 1.